The summed E-state index contributed by atoms with van der Waals surface area (Å²) in [6, 6.07) is 5.86. The molecular weight excluding hydrogens is 272 g/mol. The van der Waals surface area contributed by atoms with Gasteiger partial charge in [0.05, 0.1) is 6.10 Å². The summed E-state index contributed by atoms with van der Waals surface area (Å²) in [5.74, 6) is 0.784. The molecule has 1 aliphatic rings. The predicted molar refractivity (Wildman–Crippen MR) is 76.6 cm³/mol. The highest BCUT2D eigenvalue weighted by Crippen LogP contribution is 2.28. The number of nitriles is 1. The van der Waals surface area contributed by atoms with Crippen LogP contribution in [0.25, 0.3) is 0 Å². The van der Waals surface area contributed by atoms with Gasteiger partial charge >= 0.3 is 0 Å². The van der Waals surface area contributed by atoms with Crippen molar-refractivity contribution in [1.82, 2.24) is 9.97 Å². The summed E-state index contributed by atoms with van der Waals surface area (Å²) >= 11 is 1.67. The SMILES string of the molecule is C[C@@H]1CN(c2cc(C#N)ncn2)C[C@H](c2ccsc2)O1. The largest absolute Gasteiger partial charge is 0.367 e. The molecule has 2 atom stereocenters. The highest BCUT2D eigenvalue weighted by Gasteiger charge is 2.27. The molecule has 5 nitrogen and oxygen atoms in total. The van der Waals surface area contributed by atoms with Crippen LogP contribution in [0.15, 0.2) is 29.2 Å². The number of nitrogens with zero attached hydrogens (tertiary/aromatic N) is 4. The third-order valence-corrected chi connectivity index (χ3v) is 3.97. The van der Waals surface area contributed by atoms with E-state index in [1.165, 1.54) is 11.9 Å². The molecular formula is C14H14N4OS. The van der Waals surface area contributed by atoms with E-state index in [-0.39, 0.29) is 12.2 Å². The molecule has 0 bridgehead atoms. The van der Waals surface area contributed by atoms with Gasteiger partial charge in [0.2, 0.25) is 0 Å². The minimum absolute atomic E-state index is 0.0468. The Hall–Kier alpha value is -1.97. The van der Waals surface area contributed by atoms with Gasteiger partial charge in [0.25, 0.3) is 0 Å². The second-order valence-corrected chi connectivity index (χ2v) is 5.55. The lowest BCUT2D eigenvalue weighted by molar-refractivity contribution is -0.0174. The normalized spacial score (nSPS) is 22.5. The minimum Gasteiger partial charge on any atom is -0.367 e. The van der Waals surface area contributed by atoms with Crippen LogP contribution < -0.4 is 4.90 Å². The molecule has 1 fully saturated rings. The Bertz CT molecular complexity index is 622. The van der Waals surface area contributed by atoms with Crippen LogP contribution in [0.4, 0.5) is 5.82 Å². The van der Waals surface area contributed by atoms with Gasteiger partial charge in [0.1, 0.15) is 30.0 Å². The summed E-state index contributed by atoms with van der Waals surface area (Å²) in [5.41, 5.74) is 1.59. The molecule has 20 heavy (non-hydrogen) atoms. The van der Waals surface area contributed by atoms with Gasteiger partial charge in [-0.15, -0.1) is 0 Å². The standard InChI is InChI=1S/C14H14N4OS/c1-10-6-18(14-4-12(5-15)16-9-17-14)7-13(19-10)11-2-3-20-8-11/h2-4,8-10,13H,6-7H2,1H3/t10-,13-/m1/s1. The number of hydrogen-bond acceptors (Lipinski definition) is 6. The zero-order valence-electron chi connectivity index (χ0n) is 11.1. The molecule has 0 unspecified atom stereocenters. The first-order valence-corrected chi connectivity index (χ1v) is 7.35. The zero-order chi connectivity index (χ0) is 13.9. The molecule has 0 aliphatic carbocycles. The lowest BCUT2D eigenvalue weighted by Crippen LogP contribution is -2.43. The first kappa shape index (κ1) is 13.0. The quantitative estimate of drug-likeness (QED) is 0.848. The topological polar surface area (TPSA) is 62.0 Å². The van der Waals surface area contributed by atoms with Crippen molar-refractivity contribution in [1.29, 1.82) is 5.26 Å². The zero-order valence-corrected chi connectivity index (χ0v) is 11.9. The van der Waals surface area contributed by atoms with Gasteiger partial charge in [-0.25, -0.2) is 9.97 Å². The summed E-state index contributed by atoms with van der Waals surface area (Å²) in [6.07, 6.45) is 1.60. The van der Waals surface area contributed by atoms with E-state index in [0.717, 1.165) is 18.9 Å². The molecule has 6 heteroatoms. The van der Waals surface area contributed by atoms with Crippen molar-refractivity contribution in [3.8, 4) is 6.07 Å². The number of rotatable bonds is 2. The van der Waals surface area contributed by atoms with Crippen molar-refractivity contribution in [3.63, 3.8) is 0 Å². The molecule has 0 N–H and O–H groups in total. The van der Waals surface area contributed by atoms with Crippen LogP contribution in [0.3, 0.4) is 0 Å². The van der Waals surface area contributed by atoms with Crippen LogP contribution in [-0.2, 0) is 4.74 Å². The van der Waals surface area contributed by atoms with E-state index in [4.69, 9.17) is 10.00 Å². The third-order valence-electron chi connectivity index (χ3n) is 3.27. The van der Waals surface area contributed by atoms with E-state index in [9.17, 15) is 0 Å². The Morgan fingerprint density at radius 2 is 2.35 bits per heavy atom. The fourth-order valence-electron chi connectivity index (χ4n) is 2.36. The van der Waals surface area contributed by atoms with Crippen molar-refractivity contribution >= 4 is 17.2 Å². The Morgan fingerprint density at radius 1 is 1.45 bits per heavy atom. The number of ether oxygens (including phenoxy) is 1. The highest BCUT2D eigenvalue weighted by molar-refractivity contribution is 7.07. The van der Waals surface area contributed by atoms with Crippen LogP contribution in [0.2, 0.25) is 0 Å². The van der Waals surface area contributed by atoms with Gasteiger partial charge in [-0.05, 0) is 29.3 Å². The summed E-state index contributed by atoms with van der Waals surface area (Å²) in [7, 11) is 0. The number of morpholine rings is 1. The first-order valence-electron chi connectivity index (χ1n) is 6.41. The van der Waals surface area contributed by atoms with Crippen molar-refractivity contribution in [3.05, 3.63) is 40.5 Å². The molecule has 0 saturated carbocycles. The lowest BCUT2D eigenvalue weighted by Gasteiger charge is -2.37. The second-order valence-electron chi connectivity index (χ2n) is 4.77. The maximum Gasteiger partial charge on any atom is 0.145 e. The maximum atomic E-state index is 8.93. The third kappa shape index (κ3) is 2.64. The Kier molecular flexibility index (Phi) is 3.63. The Morgan fingerprint density at radius 3 is 3.10 bits per heavy atom. The highest BCUT2D eigenvalue weighted by atomic mass is 32.1. The first-order chi connectivity index (χ1) is 9.76. The molecule has 3 rings (SSSR count). The molecule has 102 valence electrons. The molecule has 3 heterocycles. The van der Waals surface area contributed by atoms with Crippen LogP contribution in [0.5, 0.6) is 0 Å². The minimum atomic E-state index is 0.0468. The summed E-state index contributed by atoms with van der Waals surface area (Å²) in [6.45, 7) is 3.56. The second kappa shape index (κ2) is 5.57. The average molecular weight is 286 g/mol. The van der Waals surface area contributed by atoms with E-state index in [1.807, 2.05) is 6.07 Å². The molecule has 0 aromatic carbocycles. The summed E-state index contributed by atoms with van der Waals surface area (Å²) in [5, 5.41) is 13.1. The van der Waals surface area contributed by atoms with Gasteiger partial charge in [0, 0.05) is 19.2 Å². The summed E-state index contributed by atoms with van der Waals surface area (Å²) in [4.78, 5) is 10.3. The number of hydrogen-bond donors (Lipinski definition) is 0. The Labute approximate surface area is 121 Å². The molecule has 1 saturated heterocycles. The van der Waals surface area contributed by atoms with E-state index in [2.05, 4.69) is 38.6 Å². The van der Waals surface area contributed by atoms with E-state index in [1.54, 1.807) is 17.4 Å². The molecule has 1 aliphatic heterocycles. The van der Waals surface area contributed by atoms with Crippen LogP contribution in [-0.4, -0.2) is 29.2 Å². The van der Waals surface area contributed by atoms with Gasteiger partial charge in [-0.2, -0.15) is 16.6 Å². The van der Waals surface area contributed by atoms with Gasteiger partial charge in [-0.3, -0.25) is 0 Å². The van der Waals surface area contributed by atoms with Crippen LogP contribution in [0, 0.1) is 11.3 Å². The van der Waals surface area contributed by atoms with Crippen LogP contribution in [0.1, 0.15) is 24.3 Å². The maximum absolute atomic E-state index is 8.93. The van der Waals surface area contributed by atoms with E-state index >= 15 is 0 Å². The van der Waals surface area contributed by atoms with Crippen molar-refractivity contribution in [2.75, 3.05) is 18.0 Å². The van der Waals surface area contributed by atoms with E-state index < -0.39 is 0 Å². The smallest absolute Gasteiger partial charge is 0.145 e. The van der Waals surface area contributed by atoms with E-state index in [0.29, 0.717) is 5.69 Å². The molecule has 2 aromatic heterocycles. The van der Waals surface area contributed by atoms with Gasteiger partial charge in [0.15, 0.2) is 0 Å². The molecule has 0 spiro atoms. The molecule has 0 amide bonds. The van der Waals surface area contributed by atoms with Crippen molar-refractivity contribution in [2.24, 2.45) is 0 Å². The number of thiophene rings is 1. The summed E-state index contributed by atoms with van der Waals surface area (Å²) < 4.78 is 6.00. The monoisotopic (exact) mass is 286 g/mol. The average Bonchev–Trinajstić information content (AvgIpc) is 3.01. The van der Waals surface area contributed by atoms with Crippen molar-refractivity contribution < 1.29 is 4.74 Å². The number of anilines is 1. The molecule has 2 aromatic rings. The lowest BCUT2D eigenvalue weighted by atomic mass is 10.1. The van der Waals surface area contributed by atoms with Gasteiger partial charge < -0.3 is 9.64 Å². The molecule has 0 radical (unpaired) electrons. The fraction of sp³-hybridized carbons (Fsp3) is 0.357. The Balaban J connectivity index is 1.84. The fourth-order valence-corrected chi connectivity index (χ4v) is 3.06. The predicted octanol–water partition coefficient (Wildman–Crippen LogP) is 2.38. The number of aromatic nitrogens is 2. The van der Waals surface area contributed by atoms with Crippen molar-refractivity contribution in [2.45, 2.75) is 19.1 Å². The van der Waals surface area contributed by atoms with Crippen LogP contribution >= 0.6 is 11.3 Å². The van der Waals surface area contributed by atoms with Gasteiger partial charge in [-0.1, -0.05) is 0 Å².